The number of ether oxygens (including phenoxy) is 4. The molecule has 2 aromatic rings. The van der Waals surface area contributed by atoms with E-state index in [1.54, 1.807) is 0 Å². The number of benzene rings is 2. The molecule has 4 nitrogen and oxygen atoms in total. The van der Waals surface area contributed by atoms with Crippen molar-refractivity contribution in [1.29, 1.82) is 0 Å². The van der Waals surface area contributed by atoms with Gasteiger partial charge in [-0.25, -0.2) is 0 Å². The van der Waals surface area contributed by atoms with Crippen LogP contribution >= 0.6 is 0 Å². The van der Waals surface area contributed by atoms with Gasteiger partial charge < -0.3 is 18.9 Å². The third kappa shape index (κ3) is 2.57. The molecule has 104 valence electrons. The highest BCUT2D eigenvalue weighted by atomic mass is 16.6. The zero-order valence-corrected chi connectivity index (χ0v) is 11.1. The largest absolute Gasteiger partial charge is 0.490 e. The number of rotatable bonds is 6. The molecular formula is C16H16O4. The lowest BCUT2D eigenvalue weighted by molar-refractivity contribution is 0.263. The third-order valence-corrected chi connectivity index (χ3v) is 3.50. The van der Waals surface area contributed by atoms with Gasteiger partial charge in [0.25, 0.3) is 0 Å². The van der Waals surface area contributed by atoms with Gasteiger partial charge in [-0.1, -0.05) is 24.3 Å². The Hall–Kier alpha value is -1.78. The lowest BCUT2D eigenvalue weighted by Gasteiger charge is -2.11. The summed E-state index contributed by atoms with van der Waals surface area (Å²) in [6.45, 7) is 2.83. The van der Waals surface area contributed by atoms with Crippen molar-refractivity contribution in [2.75, 3.05) is 26.4 Å². The Morgan fingerprint density at radius 3 is 1.65 bits per heavy atom. The van der Waals surface area contributed by atoms with Crippen LogP contribution in [0.2, 0.25) is 0 Å². The predicted octanol–water partition coefficient (Wildman–Crippen LogP) is 2.40. The molecule has 0 aliphatic carbocycles. The second-order valence-corrected chi connectivity index (χ2v) is 5.14. The van der Waals surface area contributed by atoms with Gasteiger partial charge in [-0.15, -0.1) is 0 Å². The molecule has 2 aliphatic heterocycles. The molecule has 2 aliphatic rings. The first-order valence-electron chi connectivity index (χ1n) is 6.91. The highest BCUT2D eigenvalue weighted by molar-refractivity contribution is 5.93. The van der Waals surface area contributed by atoms with E-state index < -0.39 is 0 Å². The van der Waals surface area contributed by atoms with Crippen LogP contribution in [0, 0.1) is 0 Å². The van der Waals surface area contributed by atoms with E-state index in [0.717, 1.165) is 35.5 Å². The SMILES string of the molecule is c1cc(OC[C@H]2CO2)c2cccc(OC[C@@H]3CO3)c2c1. The van der Waals surface area contributed by atoms with Gasteiger partial charge >= 0.3 is 0 Å². The molecule has 0 N–H and O–H groups in total. The first-order chi connectivity index (χ1) is 9.90. The maximum absolute atomic E-state index is 5.83. The predicted molar refractivity (Wildman–Crippen MR) is 74.4 cm³/mol. The van der Waals surface area contributed by atoms with Crippen LogP contribution in [-0.4, -0.2) is 38.6 Å². The van der Waals surface area contributed by atoms with Gasteiger partial charge in [0, 0.05) is 10.8 Å². The van der Waals surface area contributed by atoms with E-state index in [-0.39, 0.29) is 12.2 Å². The molecule has 0 bridgehead atoms. The number of fused-ring (bicyclic) bond motifs is 1. The summed E-state index contributed by atoms with van der Waals surface area (Å²) in [5.41, 5.74) is 0. The van der Waals surface area contributed by atoms with Gasteiger partial charge in [0.1, 0.15) is 36.9 Å². The van der Waals surface area contributed by atoms with Crippen LogP contribution < -0.4 is 9.47 Å². The molecule has 0 unspecified atom stereocenters. The van der Waals surface area contributed by atoms with Crippen LogP contribution in [0.1, 0.15) is 0 Å². The first-order valence-corrected chi connectivity index (χ1v) is 6.91. The second-order valence-electron chi connectivity index (χ2n) is 5.14. The zero-order valence-electron chi connectivity index (χ0n) is 11.1. The average molecular weight is 272 g/mol. The minimum atomic E-state index is 0.261. The van der Waals surface area contributed by atoms with E-state index in [1.165, 1.54) is 0 Å². The number of epoxide rings is 2. The Labute approximate surface area is 117 Å². The van der Waals surface area contributed by atoms with Crippen molar-refractivity contribution in [2.24, 2.45) is 0 Å². The summed E-state index contributed by atoms with van der Waals surface area (Å²) in [6, 6.07) is 12.1. The van der Waals surface area contributed by atoms with Crippen molar-refractivity contribution in [2.45, 2.75) is 12.2 Å². The smallest absolute Gasteiger partial charge is 0.127 e. The summed E-state index contributed by atoms with van der Waals surface area (Å²) in [5.74, 6) is 1.76. The van der Waals surface area contributed by atoms with Crippen LogP contribution in [0.25, 0.3) is 10.8 Å². The lowest BCUT2D eigenvalue weighted by Crippen LogP contribution is -2.05. The van der Waals surface area contributed by atoms with Crippen molar-refractivity contribution in [3.63, 3.8) is 0 Å². The Morgan fingerprint density at radius 1 is 0.800 bits per heavy atom. The molecule has 2 heterocycles. The highest BCUT2D eigenvalue weighted by Gasteiger charge is 2.24. The fourth-order valence-electron chi connectivity index (χ4n) is 2.20. The molecule has 0 spiro atoms. The summed E-state index contributed by atoms with van der Waals surface area (Å²) in [5, 5.41) is 2.14. The molecule has 0 aromatic heterocycles. The number of hydrogen-bond acceptors (Lipinski definition) is 4. The van der Waals surface area contributed by atoms with Crippen molar-refractivity contribution >= 4 is 10.8 Å². The van der Waals surface area contributed by atoms with Crippen LogP contribution in [0.3, 0.4) is 0 Å². The molecule has 2 aromatic carbocycles. The van der Waals surface area contributed by atoms with Gasteiger partial charge in [-0.3, -0.25) is 0 Å². The lowest BCUT2D eigenvalue weighted by atomic mass is 10.1. The van der Waals surface area contributed by atoms with E-state index in [1.807, 2.05) is 24.3 Å². The molecular weight excluding hydrogens is 256 g/mol. The standard InChI is InChI=1S/C16H16O4/c1-3-13-14(15(5-1)19-9-11-7-17-11)4-2-6-16(13)20-10-12-8-18-12/h1-6,11-12H,7-10H2/t11-,12+. The molecule has 0 saturated carbocycles. The molecule has 2 atom stereocenters. The van der Waals surface area contributed by atoms with Gasteiger partial charge in [0.2, 0.25) is 0 Å². The van der Waals surface area contributed by atoms with Gasteiger partial charge in [-0.2, -0.15) is 0 Å². The Bertz CT molecular complexity index is 562. The zero-order chi connectivity index (χ0) is 13.4. The van der Waals surface area contributed by atoms with Crippen LogP contribution in [0.15, 0.2) is 36.4 Å². The minimum Gasteiger partial charge on any atom is -0.490 e. The van der Waals surface area contributed by atoms with Gasteiger partial charge in [0.05, 0.1) is 13.2 Å². The van der Waals surface area contributed by atoms with Crippen molar-refractivity contribution in [1.82, 2.24) is 0 Å². The third-order valence-electron chi connectivity index (χ3n) is 3.50. The first kappa shape index (κ1) is 12.0. The number of hydrogen-bond donors (Lipinski definition) is 0. The normalized spacial score (nSPS) is 23.6. The summed E-state index contributed by atoms with van der Waals surface area (Å²) in [4.78, 5) is 0. The fourth-order valence-corrected chi connectivity index (χ4v) is 2.20. The maximum Gasteiger partial charge on any atom is 0.127 e. The van der Waals surface area contributed by atoms with Crippen molar-refractivity contribution in [3.05, 3.63) is 36.4 Å². The summed E-state index contributed by atoms with van der Waals surface area (Å²) >= 11 is 0. The molecule has 20 heavy (non-hydrogen) atoms. The van der Waals surface area contributed by atoms with E-state index in [4.69, 9.17) is 18.9 Å². The molecule has 4 rings (SSSR count). The van der Waals surface area contributed by atoms with E-state index in [2.05, 4.69) is 12.1 Å². The van der Waals surface area contributed by atoms with Gasteiger partial charge in [-0.05, 0) is 12.1 Å². The summed E-state index contributed by atoms with van der Waals surface area (Å²) in [7, 11) is 0. The van der Waals surface area contributed by atoms with E-state index in [0.29, 0.717) is 13.2 Å². The minimum absolute atomic E-state index is 0.261. The summed E-state index contributed by atoms with van der Waals surface area (Å²) < 4.78 is 22.0. The molecule has 0 radical (unpaired) electrons. The Balaban J connectivity index is 1.60. The quantitative estimate of drug-likeness (QED) is 0.757. The Kier molecular flexibility index (Phi) is 2.98. The average Bonchev–Trinajstić information content (AvgIpc) is 3.37. The second kappa shape index (κ2) is 4.96. The molecule has 0 amide bonds. The van der Waals surface area contributed by atoms with Crippen LogP contribution in [0.4, 0.5) is 0 Å². The summed E-state index contributed by atoms with van der Waals surface area (Å²) in [6.07, 6.45) is 0.522. The molecule has 4 heteroatoms. The van der Waals surface area contributed by atoms with Crippen LogP contribution in [-0.2, 0) is 9.47 Å². The van der Waals surface area contributed by atoms with Crippen molar-refractivity contribution < 1.29 is 18.9 Å². The Morgan fingerprint density at radius 2 is 1.25 bits per heavy atom. The topological polar surface area (TPSA) is 43.5 Å². The van der Waals surface area contributed by atoms with Gasteiger partial charge in [0.15, 0.2) is 0 Å². The van der Waals surface area contributed by atoms with Crippen LogP contribution in [0.5, 0.6) is 11.5 Å². The highest BCUT2D eigenvalue weighted by Crippen LogP contribution is 2.33. The monoisotopic (exact) mass is 272 g/mol. The molecule has 2 fully saturated rings. The van der Waals surface area contributed by atoms with E-state index >= 15 is 0 Å². The van der Waals surface area contributed by atoms with E-state index in [9.17, 15) is 0 Å². The molecule has 2 saturated heterocycles. The van der Waals surface area contributed by atoms with Crippen molar-refractivity contribution in [3.8, 4) is 11.5 Å². The fraction of sp³-hybridized carbons (Fsp3) is 0.375. The maximum atomic E-state index is 5.83.